The van der Waals surface area contributed by atoms with Crippen molar-refractivity contribution in [1.29, 1.82) is 0 Å². The van der Waals surface area contributed by atoms with Gasteiger partial charge in [-0.2, -0.15) is 0 Å². The lowest BCUT2D eigenvalue weighted by atomic mass is 9.88. The predicted molar refractivity (Wildman–Crippen MR) is 159 cm³/mol. The van der Waals surface area contributed by atoms with Crippen LogP contribution in [0, 0.1) is 0 Å². The number of halogens is 3. The van der Waals surface area contributed by atoms with E-state index in [0.717, 1.165) is 65.5 Å². The summed E-state index contributed by atoms with van der Waals surface area (Å²) in [4.78, 5) is 7.83. The average Bonchev–Trinajstić information content (AvgIpc) is 3.42. The number of anilines is 1. The number of para-hydroxylation sites is 1. The van der Waals surface area contributed by atoms with Gasteiger partial charge in [-0.15, -0.1) is 18.5 Å². The van der Waals surface area contributed by atoms with E-state index in [4.69, 9.17) is 0 Å². The Morgan fingerprint density at radius 1 is 1.16 bits per heavy atom. The Morgan fingerprint density at radius 3 is 2.59 bits per heavy atom. The van der Waals surface area contributed by atoms with Crippen LogP contribution in [0.2, 0.25) is 0 Å². The highest BCUT2D eigenvalue weighted by atomic mass is 31.0. The van der Waals surface area contributed by atoms with Crippen molar-refractivity contribution in [3.05, 3.63) is 53.2 Å². The number of likely N-dealkylation sites (tertiary alicyclic amines) is 1. The van der Waals surface area contributed by atoms with Crippen molar-refractivity contribution in [2.45, 2.75) is 50.0 Å². The van der Waals surface area contributed by atoms with Gasteiger partial charge in [0.15, 0.2) is 0 Å². The minimum absolute atomic E-state index is 0.0523. The normalized spacial score (nSPS) is 23.1. The number of H-pyrrole nitrogens is 1. The lowest BCUT2D eigenvalue weighted by molar-refractivity contribution is 0.0198. The number of nitrogens with one attached hydrogen (secondary N) is 2. The maximum atomic E-state index is 14.4. The van der Waals surface area contributed by atoms with Gasteiger partial charge in [-0.3, -0.25) is 9.29 Å². The van der Waals surface area contributed by atoms with Crippen molar-refractivity contribution in [3.63, 3.8) is 0 Å². The largest absolute Gasteiger partial charge is 0.381 e. The molecule has 2 N–H and O–H groups in total. The van der Waals surface area contributed by atoms with E-state index in [1.807, 2.05) is 24.0 Å². The molecule has 3 heterocycles. The van der Waals surface area contributed by atoms with Gasteiger partial charge < -0.3 is 15.2 Å². The second kappa shape index (κ2) is 11.1. The molecule has 2 aromatic carbocycles. The summed E-state index contributed by atoms with van der Waals surface area (Å²) in [6, 6.07) is 12.3. The Hall–Kier alpha value is -1.22. The van der Waals surface area contributed by atoms with Crippen LogP contribution in [0.25, 0.3) is 10.9 Å². The first-order chi connectivity index (χ1) is 17.6. The van der Waals surface area contributed by atoms with Crippen LogP contribution in [0.15, 0.2) is 36.4 Å². The first-order valence-electron chi connectivity index (χ1n) is 12.9. The molecule has 2 aliphatic rings. The van der Waals surface area contributed by atoms with Gasteiger partial charge in [-0.05, 0) is 66.1 Å². The lowest BCUT2D eigenvalue weighted by Crippen LogP contribution is -2.48. The van der Waals surface area contributed by atoms with E-state index in [1.165, 1.54) is 10.9 Å². The summed E-state index contributed by atoms with van der Waals surface area (Å²) in [7, 11) is 7.41. The highest BCUT2D eigenvalue weighted by Gasteiger charge is 2.41. The molecule has 0 radical (unpaired) electrons. The zero-order valence-electron chi connectivity index (χ0n) is 21.1. The Labute approximate surface area is 224 Å². The van der Waals surface area contributed by atoms with E-state index in [9.17, 15) is 13.2 Å². The summed E-state index contributed by atoms with van der Waals surface area (Å²) in [6.45, 7) is 4.09. The molecule has 3 unspecified atom stereocenters. The Morgan fingerprint density at radius 2 is 1.89 bits per heavy atom. The highest BCUT2D eigenvalue weighted by Crippen LogP contribution is 2.42. The molecule has 1 saturated heterocycles. The summed E-state index contributed by atoms with van der Waals surface area (Å²) in [5.74, 6) is 0. The molecule has 5 rings (SSSR count). The molecule has 0 aliphatic carbocycles. The second-order valence-corrected chi connectivity index (χ2v) is 12.6. The molecule has 0 spiro atoms. The van der Waals surface area contributed by atoms with Gasteiger partial charge in [0.25, 0.3) is 5.66 Å². The number of aromatic amines is 1. The van der Waals surface area contributed by atoms with Crippen LogP contribution >= 0.6 is 27.7 Å². The molecule has 3 aromatic rings. The number of alkyl halides is 3. The minimum Gasteiger partial charge on any atom is -0.381 e. The zero-order chi connectivity index (χ0) is 26.3. The van der Waals surface area contributed by atoms with Crippen molar-refractivity contribution in [1.82, 2.24) is 14.8 Å². The van der Waals surface area contributed by atoms with E-state index < -0.39 is 5.66 Å². The van der Waals surface area contributed by atoms with Gasteiger partial charge in [0.2, 0.25) is 0 Å². The van der Waals surface area contributed by atoms with E-state index in [-0.39, 0.29) is 25.3 Å². The van der Waals surface area contributed by atoms with Crippen LogP contribution in [0.4, 0.5) is 18.9 Å². The van der Waals surface area contributed by atoms with Crippen LogP contribution in [0.5, 0.6) is 0 Å². The smallest absolute Gasteiger partial charge is 0.271 e. The SMILES string of the molecule is C[C@@H]1Cc2c([nH]c3ccccc23)[C@@H](c2c(P)cc(N[C@H]3CCN(CCCF)C3)cc2P)N1CC(F)(F)P. The third-order valence-corrected chi connectivity index (χ3v) is 8.82. The zero-order valence-corrected chi connectivity index (χ0v) is 24.6. The quantitative estimate of drug-likeness (QED) is 0.384. The molecule has 200 valence electrons. The number of hydrogen-bond acceptors (Lipinski definition) is 3. The van der Waals surface area contributed by atoms with Gasteiger partial charge in [-0.25, -0.2) is 8.78 Å². The summed E-state index contributed by atoms with van der Waals surface area (Å²) < 4.78 is 41.4. The van der Waals surface area contributed by atoms with Crippen LogP contribution in [-0.4, -0.2) is 65.4 Å². The first kappa shape index (κ1) is 27.4. The van der Waals surface area contributed by atoms with Gasteiger partial charge >= 0.3 is 0 Å². The topological polar surface area (TPSA) is 34.3 Å². The van der Waals surface area contributed by atoms with Crippen LogP contribution in [0.3, 0.4) is 0 Å². The molecule has 37 heavy (non-hydrogen) atoms. The van der Waals surface area contributed by atoms with E-state index in [1.54, 1.807) is 9.24 Å². The monoisotopic (exact) mass is 566 g/mol. The third kappa shape index (κ3) is 5.87. The molecule has 4 nitrogen and oxygen atoms in total. The fourth-order valence-corrected chi connectivity index (χ4v) is 7.46. The van der Waals surface area contributed by atoms with Crippen LogP contribution < -0.4 is 15.9 Å². The van der Waals surface area contributed by atoms with Crippen molar-refractivity contribution >= 4 is 54.9 Å². The van der Waals surface area contributed by atoms with E-state index in [2.05, 4.69) is 57.9 Å². The summed E-state index contributed by atoms with van der Waals surface area (Å²) >= 11 is 0. The Kier molecular flexibility index (Phi) is 8.21. The van der Waals surface area contributed by atoms with Crippen LogP contribution in [0.1, 0.15) is 42.6 Å². The predicted octanol–water partition coefficient (Wildman–Crippen LogP) is 4.82. The van der Waals surface area contributed by atoms with Crippen molar-refractivity contribution in [2.24, 2.45) is 0 Å². The third-order valence-electron chi connectivity index (χ3n) is 7.68. The van der Waals surface area contributed by atoms with Gasteiger partial charge in [0.05, 0.1) is 19.3 Å². The highest BCUT2D eigenvalue weighted by molar-refractivity contribution is 7.30. The van der Waals surface area contributed by atoms with E-state index >= 15 is 0 Å². The summed E-state index contributed by atoms with van der Waals surface area (Å²) in [5, 5.41) is 6.79. The number of fused-ring (bicyclic) bond motifs is 3. The minimum atomic E-state index is -2.89. The first-order valence-corrected chi connectivity index (χ1v) is 14.6. The molecule has 2 aliphatic heterocycles. The maximum Gasteiger partial charge on any atom is 0.271 e. The summed E-state index contributed by atoms with van der Waals surface area (Å²) in [6.07, 6.45) is 2.31. The molecule has 1 fully saturated rings. The molecule has 1 aromatic heterocycles. The molecule has 10 heteroatoms. The number of hydrogen-bond donors (Lipinski definition) is 2. The Bertz CT molecular complexity index is 1240. The molecule has 0 amide bonds. The summed E-state index contributed by atoms with van der Waals surface area (Å²) in [5.41, 5.74) is 2.39. The lowest BCUT2D eigenvalue weighted by Gasteiger charge is -2.43. The van der Waals surface area contributed by atoms with Gasteiger partial charge in [-0.1, -0.05) is 27.4 Å². The Balaban J connectivity index is 1.50. The van der Waals surface area contributed by atoms with Crippen molar-refractivity contribution in [2.75, 3.05) is 38.2 Å². The maximum absolute atomic E-state index is 14.4. The molecular formula is C27H36F3N4P3. The molecule has 0 bridgehead atoms. The average molecular weight is 567 g/mol. The number of benzene rings is 2. The fourth-order valence-electron chi connectivity index (χ4n) is 6.08. The van der Waals surface area contributed by atoms with Gasteiger partial charge in [0, 0.05) is 54.0 Å². The van der Waals surface area contributed by atoms with Crippen LogP contribution in [-0.2, 0) is 6.42 Å². The fraction of sp³-hybridized carbons (Fsp3) is 0.481. The standard InChI is InChI=1S/C27H36F3N4P3/c1-16-11-20-19-5-2-3-6-21(19)32-25(20)26(34(16)15-27(29,30)37)24-22(35)12-18(13-23(24)36)31-17-7-10-33(14-17)9-4-8-28/h2-3,5-6,12-13,16-17,26,31-32H,4,7-11,14-15,35-37H2,1H3/t16-,17+,26-/m1/s1. The molecule has 6 atom stereocenters. The second-order valence-electron chi connectivity index (χ2n) is 10.5. The molecule has 0 saturated carbocycles. The van der Waals surface area contributed by atoms with Gasteiger partial charge in [0.1, 0.15) is 0 Å². The van der Waals surface area contributed by atoms with Crippen molar-refractivity contribution < 1.29 is 13.2 Å². The van der Waals surface area contributed by atoms with E-state index in [0.29, 0.717) is 12.5 Å². The van der Waals surface area contributed by atoms with Crippen molar-refractivity contribution in [3.8, 4) is 0 Å². The number of nitrogens with zero attached hydrogens (tertiary/aromatic N) is 2. The number of aromatic nitrogens is 1. The number of rotatable bonds is 8. The molecular weight excluding hydrogens is 530 g/mol.